The van der Waals surface area contributed by atoms with Gasteiger partial charge in [0.15, 0.2) is 0 Å². The average molecular weight is 212 g/mol. The van der Waals surface area contributed by atoms with Crippen molar-refractivity contribution in [2.24, 2.45) is 11.7 Å². The topological polar surface area (TPSA) is 38.5 Å². The van der Waals surface area contributed by atoms with E-state index in [1.165, 1.54) is 25.7 Å². The maximum Gasteiger partial charge on any atom is 0.0621 e. The van der Waals surface area contributed by atoms with Crippen LogP contribution in [-0.2, 0) is 4.74 Å². The van der Waals surface area contributed by atoms with Crippen LogP contribution < -0.4 is 5.73 Å². The van der Waals surface area contributed by atoms with Crippen LogP contribution in [0.25, 0.3) is 0 Å². The van der Waals surface area contributed by atoms with E-state index in [4.69, 9.17) is 10.5 Å². The molecule has 1 heterocycles. The van der Waals surface area contributed by atoms with Gasteiger partial charge in [0.05, 0.1) is 13.2 Å². The molecule has 0 amide bonds. The molecule has 3 heteroatoms. The standard InChI is InChI=1S/C12H24N2O/c1-2-14(11-5-3-4-6-11)7-10-8-15-9-12(10)13/h10-12H,2-9,13H2,1H3. The SMILES string of the molecule is CCN(CC1COCC1N)C1CCCC1. The van der Waals surface area contributed by atoms with E-state index in [-0.39, 0.29) is 6.04 Å². The Bertz CT molecular complexity index is 192. The van der Waals surface area contributed by atoms with E-state index < -0.39 is 0 Å². The summed E-state index contributed by atoms with van der Waals surface area (Å²) in [5.74, 6) is 0.561. The number of nitrogens with two attached hydrogens (primary N) is 1. The van der Waals surface area contributed by atoms with Gasteiger partial charge in [-0.1, -0.05) is 19.8 Å². The third kappa shape index (κ3) is 2.71. The minimum absolute atomic E-state index is 0.264. The van der Waals surface area contributed by atoms with Crippen molar-refractivity contribution in [3.05, 3.63) is 0 Å². The Morgan fingerprint density at radius 2 is 2.00 bits per heavy atom. The molecule has 2 fully saturated rings. The highest BCUT2D eigenvalue weighted by Crippen LogP contribution is 2.25. The minimum atomic E-state index is 0.264. The predicted octanol–water partition coefficient (Wildman–Crippen LogP) is 1.22. The molecule has 1 aliphatic heterocycles. The Hall–Kier alpha value is -0.120. The van der Waals surface area contributed by atoms with Crippen LogP contribution in [0.15, 0.2) is 0 Å². The largest absolute Gasteiger partial charge is 0.379 e. The summed E-state index contributed by atoms with van der Waals surface area (Å²) in [5, 5.41) is 0. The Labute approximate surface area is 93.0 Å². The second kappa shape index (κ2) is 5.28. The number of ether oxygens (including phenoxy) is 1. The molecule has 1 aliphatic carbocycles. The van der Waals surface area contributed by atoms with Crippen molar-refractivity contribution in [1.82, 2.24) is 4.90 Å². The van der Waals surface area contributed by atoms with Gasteiger partial charge in [-0.2, -0.15) is 0 Å². The Morgan fingerprint density at radius 1 is 1.27 bits per heavy atom. The molecule has 15 heavy (non-hydrogen) atoms. The molecule has 0 aromatic heterocycles. The fraction of sp³-hybridized carbons (Fsp3) is 1.00. The molecule has 0 aromatic carbocycles. The van der Waals surface area contributed by atoms with Gasteiger partial charge in [0.2, 0.25) is 0 Å². The van der Waals surface area contributed by atoms with Crippen LogP contribution in [0, 0.1) is 5.92 Å². The molecule has 2 aliphatic rings. The maximum absolute atomic E-state index is 6.03. The predicted molar refractivity (Wildman–Crippen MR) is 61.8 cm³/mol. The summed E-state index contributed by atoms with van der Waals surface area (Å²) in [6.07, 6.45) is 5.59. The first-order valence-electron chi connectivity index (χ1n) is 6.38. The number of rotatable bonds is 4. The normalized spacial score (nSPS) is 33.0. The molecule has 0 radical (unpaired) electrons. The highest BCUT2D eigenvalue weighted by Gasteiger charge is 2.29. The van der Waals surface area contributed by atoms with Crippen molar-refractivity contribution < 1.29 is 4.74 Å². The molecule has 1 saturated heterocycles. The maximum atomic E-state index is 6.03. The number of hydrogen-bond donors (Lipinski definition) is 1. The van der Waals surface area contributed by atoms with Gasteiger partial charge < -0.3 is 15.4 Å². The summed E-state index contributed by atoms with van der Waals surface area (Å²) in [4.78, 5) is 2.62. The van der Waals surface area contributed by atoms with Crippen molar-refractivity contribution in [2.45, 2.75) is 44.7 Å². The highest BCUT2D eigenvalue weighted by atomic mass is 16.5. The lowest BCUT2D eigenvalue weighted by Gasteiger charge is -2.30. The second-order valence-electron chi connectivity index (χ2n) is 4.99. The van der Waals surface area contributed by atoms with Gasteiger partial charge in [-0.15, -0.1) is 0 Å². The molecule has 3 nitrogen and oxygen atoms in total. The molecule has 0 aromatic rings. The van der Waals surface area contributed by atoms with Gasteiger partial charge in [-0.05, 0) is 19.4 Å². The van der Waals surface area contributed by atoms with Gasteiger partial charge in [0, 0.05) is 24.5 Å². The molecular weight excluding hydrogens is 188 g/mol. The summed E-state index contributed by atoms with van der Waals surface area (Å²) < 4.78 is 5.43. The quantitative estimate of drug-likeness (QED) is 0.761. The third-order valence-electron chi connectivity index (χ3n) is 3.96. The van der Waals surface area contributed by atoms with Gasteiger partial charge in [-0.25, -0.2) is 0 Å². The van der Waals surface area contributed by atoms with E-state index in [0.29, 0.717) is 5.92 Å². The van der Waals surface area contributed by atoms with E-state index in [0.717, 1.165) is 32.3 Å². The van der Waals surface area contributed by atoms with Crippen LogP contribution in [0.3, 0.4) is 0 Å². The fourth-order valence-electron chi connectivity index (χ4n) is 2.91. The Morgan fingerprint density at radius 3 is 2.53 bits per heavy atom. The summed E-state index contributed by atoms with van der Waals surface area (Å²) >= 11 is 0. The van der Waals surface area contributed by atoms with Crippen LogP contribution in [-0.4, -0.2) is 43.3 Å². The fourth-order valence-corrected chi connectivity index (χ4v) is 2.91. The molecule has 0 spiro atoms. The van der Waals surface area contributed by atoms with Crippen LogP contribution >= 0.6 is 0 Å². The monoisotopic (exact) mass is 212 g/mol. The minimum Gasteiger partial charge on any atom is -0.379 e. The van der Waals surface area contributed by atoms with Crippen LogP contribution in [0.2, 0.25) is 0 Å². The molecule has 2 rings (SSSR count). The van der Waals surface area contributed by atoms with E-state index in [1.807, 2.05) is 0 Å². The third-order valence-corrected chi connectivity index (χ3v) is 3.96. The zero-order valence-corrected chi connectivity index (χ0v) is 9.82. The highest BCUT2D eigenvalue weighted by molar-refractivity contribution is 4.84. The van der Waals surface area contributed by atoms with Crippen LogP contribution in [0.1, 0.15) is 32.6 Å². The molecule has 0 bridgehead atoms. The van der Waals surface area contributed by atoms with Gasteiger partial charge in [-0.3, -0.25) is 0 Å². The van der Waals surface area contributed by atoms with Crippen molar-refractivity contribution in [3.63, 3.8) is 0 Å². The smallest absolute Gasteiger partial charge is 0.0621 e. The zero-order valence-electron chi connectivity index (χ0n) is 9.82. The second-order valence-corrected chi connectivity index (χ2v) is 4.99. The first-order chi connectivity index (χ1) is 7.31. The molecule has 1 saturated carbocycles. The van der Waals surface area contributed by atoms with E-state index in [1.54, 1.807) is 0 Å². The van der Waals surface area contributed by atoms with Crippen molar-refractivity contribution in [3.8, 4) is 0 Å². The van der Waals surface area contributed by atoms with Crippen molar-refractivity contribution in [2.75, 3.05) is 26.3 Å². The van der Waals surface area contributed by atoms with Crippen LogP contribution in [0.4, 0.5) is 0 Å². The summed E-state index contributed by atoms with van der Waals surface area (Å²) in [6, 6.07) is 1.09. The van der Waals surface area contributed by atoms with Gasteiger partial charge in [0.1, 0.15) is 0 Å². The number of hydrogen-bond acceptors (Lipinski definition) is 3. The van der Waals surface area contributed by atoms with Crippen LogP contribution in [0.5, 0.6) is 0 Å². The van der Waals surface area contributed by atoms with Gasteiger partial charge >= 0.3 is 0 Å². The summed E-state index contributed by atoms with van der Waals surface area (Å²) in [7, 11) is 0. The summed E-state index contributed by atoms with van der Waals surface area (Å²) in [6.45, 7) is 6.19. The molecular formula is C12H24N2O. The van der Waals surface area contributed by atoms with E-state index in [2.05, 4.69) is 11.8 Å². The molecule has 2 unspecified atom stereocenters. The molecule has 2 N–H and O–H groups in total. The first kappa shape index (κ1) is 11.4. The van der Waals surface area contributed by atoms with Crippen molar-refractivity contribution in [1.29, 1.82) is 0 Å². The first-order valence-corrected chi connectivity index (χ1v) is 6.38. The molecule has 2 atom stereocenters. The Balaban J connectivity index is 1.84. The lowest BCUT2D eigenvalue weighted by Crippen LogP contribution is -2.42. The van der Waals surface area contributed by atoms with Crippen molar-refractivity contribution >= 4 is 0 Å². The summed E-state index contributed by atoms with van der Waals surface area (Å²) in [5.41, 5.74) is 6.03. The molecule has 88 valence electrons. The zero-order chi connectivity index (χ0) is 10.7. The number of nitrogens with zero attached hydrogens (tertiary/aromatic N) is 1. The van der Waals surface area contributed by atoms with Gasteiger partial charge in [0.25, 0.3) is 0 Å². The van der Waals surface area contributed by atoms with E-state index in [9.17, 15) is 0 Å². The lowest BCUT2D eigenvalue weighted by molar-refractivity contribution is 0.147. The lowest BCUT2D eigenvalue weighted by atomic mass is 10.0. The Kier molecular flexibility index (Phi) is 4.00. The van der Waals surface area contributed by atoms with E-state index >= 15 is 0 Å². The average Bonchev–Trinajstić information content (AvgIpc) is 2.86.